The summed E-state index contributed by atoms with van der Waals surface area (Å²) in [5.74, 6) is 0. The van der Waals surface area contributed by atoms with E-state index in [2.05, 4.69) is 9.97 Å². The molecule has 1 saturated heterocycles. The molecule has 0 spiro atoms. The van der Waals surface area contributed by atoms with Crippen molar-refractivity contribution in [2.24, 2.45) is 0 Å². The van der Waals surface area contributed by atoms with Gasteiger partial charge in [0.2, 0.25) is 0 Å². The van der Waals surface area contributed by atoms with E-state index in [-0.39, 0.29) is 16.6 Å². The van der Waals surface area contributed by atoms with Gasteiger partial charge < -0.3 is 14.6 Å². The molecule has 0 aliphatic carbocycles. The van der Waals surface area contributed by atoms with Gasteiger partial charge in [-0.3, -0.25) is 14.2 Å². The van der Waals surface area contributed by atoms with Crippen LogP contribution >= 0.6 is 0 Å². The Labute approximate surface area is 212 Å². The lowest BCUT2D eigenvalue weighted by Crippen LogP contribution is -2.45. The monoisotopic (exact) mass is 525 g/mol. The van der Waals surface area contributed by atoms with E-state index in [4.69, 9.17) is 4.74 Å². The number of likely N-dealkylation sites (tertiary alicyclic amines) is 1. The van der Waals surface area contributed by atoms with Crippen LogP contribution in [0.1, 0.15) is 39.7 Å². The van der Waals surface area contributed by atoms with Gasteiger partial charge in [-0.1, -0.05) is 18.2 Å². The van der Waals surface area contributed by atoms with Gasteiger partial charge in [-0.05, 0) is 51.8 Å². The number of carbonyl (C=O) groups excluding carboxylic acids is 1. The molecule has 11 nitrogen and oxygen atoms in total. The largest absolute Gasteiger partial charge is 0.444 e. The molecule has 0 radical (unpaired) electrons. The average molecular weight is 526 g/mol. The van der Waals surface area contributed by atoms with Gasteiger partial charge in [-0.25, -0.2) is 22.2 Å². The second-order valence-corrected chi connectivity index (χ2v) is 11.8. The van der Waals surface area contributed by atoms with Gasteiger partial charge >= 0.3 is 17.2 Å². The third kappa shape index (κ3) is 4.41. The number of nitrogens with zero attached hydrogens (tertiary/aromatic N) is 4. The zero-order valence-corrected chi connectivity index (χ0v) is 21.5. The van der Waals surface area contributed by atoms with Crippen molar-refractivity contribution >= 4 is 38.2 Å². The summed E-state index contributed by atoms with van der Waals surface area (Å²) >= 11 is 0. The number of nitrogens with one attached hydrogen (secondary N) is 1. The molecule has 1 fully saturated rings. The lowest BCUT2D eigenvalue weighted by Gasteiger charge is -2.34. The number of aromatic amines is 1. The molecule has 12 heteroatoms. The van der Waals surface area contributed by atoms with Crippen molar-refractivity contribution in [3.63, 3.8) is 0 Å². The molecule has 0 saturated carbocycles. The van der Waals surface area contributed by atoms with E-state index < -0.39 is 32.8 Å². The second kappa shape index (κ2) is 8.87. The maximum absolute atomic E-state index is 13.3. The minimum absolute atomic E-state index is 0.0998. The third-order valence-electron chi connectivity index (χ3n) is 6.34. The highest BCUT2D eigenvalue weighted by Crippen LogP contribution is 2.30. The molecule has 0 atom stereocenters. The van der Waals surface area contributed by atoms with E-state index in [1.807, 2.05) is 0 Å². The molecule has 1 aliphatic rings. The number of ether oxygens (including phenoxy) is 1. The topological polar surface area (TPSA) is 136 Å². The summed E-state index contributed by atoms with van der Waals surface area (Å²) < 4.78 is 34.5. The predicted molar refractivity (Wildman–Crippen MR) is 137 cm³/mol. The number of H-pyrrole nitrogens is 1. The lowest BCUT2D eigenvalue weighted by atomic mass is 10.0. The number of rotatable bonds is 3. The van der Waals surface area contributed by atoms with Crippen molar-refractivity contribution in [2.75, 3.05) is 13.1 Å². The number of piperidine rings is 1. The Bertz CT molecular complexity index is 1720. The van der Waals surface area contributed by atoms with Crippen molar-refractivity contribution in [3.8, 4) is 0 Å². The fraction of sp³-hybridized carbons (Fsp3) is 0.360. The molecule has 0 bridgehead atoms. The minimum Gasteiger partial charge on any atom is -0.444 e. The van der Waals surface area contributed by atoms with Crippen LogP contribution in [0.4, 0.5) is 4.79 Å². The first-order chi connectivity index (χ1) is 17.5. The molecule has 0 unspecified atom stereocenters. The van der Waals surface area contributed by atoms with E-state index in [0.717, 1.165) is 3.97 Å². The Kier molecular flexibility index (Phi) is 5.94. The van der Waals surface area contributed by atoms with Crippen molar-refractivity contribution in [2.45, 2.75) is 50.2 Å². The van der Waals surface area contributed by atoms with Gasteiger partial charge in [0.05, 0.1) is 22.1 Å². The summed E-state index contributed by atoms with van der Waals surface area (Å²) in [6.07, 6.45) is 3.17. The molecule has 194 valence electrons. The van der Waals surface area contributed by atoms with Crippen molar-refractivity contribution in [3.05, 3.63) is 69.5 Å². The van der Waals surface area contributed by atoms with Crippen LogP contribution in [0.2, 0.25) is 0 Å². The van der Waals surface area contributed by atoms with Gasteiger partial charge in [0.25, 0.3) is 10.0 Å². The standard InChI is InChI=1S/C25H27N5O6S/c1-25(2,3)36-24(33)28-12-9-16(10-13-28)30-20-18-11-14-29(37(34,35)17-7-5-4-6-8-17)21(18)26-15-19(20)27-22(31)23(30)32/h4-8,11,14-16H,9-10,12-13H2,1-3H3,(H,27,31). The van der Waals surface area contributed by atoms with Crippen LogP contribution in [0, 0.1) is 0 Å². The van der Waals surface area contributed by atoms with Crippen molar-refractivity contribution in [1.29, 1.82) is 0 Å². The van der Waals surface area contributed by atoms with Crippen LogP contribution in [-0.4, -0.2) is 56.6 Å². The Morgan fingerprint density at radius 1 is 1.08 bits per heavy atom. The number of carbonyl (C=O) groups is 1. The molecule has 4 aromatic rings. The highest BCUT2D eigenvalue weighted by Gasteiger charge is 2.30. The highest BCUT2D eigenvalue weighted by molar-refractivity contribution is 7.90. The lowest BCUT2D eigenvalue weighted by molar-refractivity contribution is 0.0188. The Balaban J connectivity index is 1.59. The van der Waals surface area contributed by atoms with Gasteiger partial charge in [-0.15, -0.1) is 0 Å². The van der Waals surface area contributed by atoms with Gasteiger partial charge in [0, 0.05) is 30.7 Å². The molecular weight excluding hydrogens is 498 g/mol. The number of hydrogen-bond acceptors (Lipinski definition) is 7. The minimum atomic E-state index is -3.94. The SMILES string of the molecule is CC(C)(C)OC(=O)N1CCC(n2c(=O)c(=O)[nH]c3cnc4c(ccn4S(=O)(=O)c4ccccc4)c32)CC1. The van der Waals surface area contributed by atoms with Crippen molar-refractivity contribution < 1.29 is 17.9 Å². The Morgan fingerprint density at radius 2 is 1.76 bits per heavy atom. The van der Waals surface area contributed by atoms with Crippen LogP contribution < -0.4 is 11.1 Å². The zero-order valence-electron chi connectivity index (χ0n) is 20.7. The number of benzene rings is 1. The first-order valence-electron chi connectivity index (χ1n) is 11.9. The number of aromatic nitrogens is 4. The van der Waals surface area contributed by atoms with E-state index in [1.54, 1.807) is 49.9 Å². The maximum Gasteiger partial charge on any atom is 0.410 e. The number of amides is 1. The molecular formula is C25H27N5O6S. The quantitative estimate of drug-likeness (QED) is 0.406. The summed E-state index contributed by atoms with van der Waals surface area (Å²) in [4.78, 5) is 46.7. The third-order valence-corrected chi connectivity index (χ3v) is 8.02. The molecule has 1 aromatic carbocycles. The summed E-state index contributed by atoms with van der Waals surface area (Å²) in [6, 6.07) is 9.18. The Hall–Kier alpha value is -3.93. The molecule has 37 heavy (non-hydrogen) atoms. The molecule has 5 rings (SSSR count). The molecule has 1 aliphatic heterocycles. The number of hydrogen-bond donors (Lipinski definition) is 1. The summed E-state index contributed by atoms with van der Waals surface area (Å²) in [5.41, 5.74) is -1.30. The van der Waals surface area contributed by atoms with Crippen LogP contribution in [0.5, 0.6) is 0 Å². The maximum atomic E-state index is 13.3. The normalized spacial score (nSPS) is 15.4. The average Bonchev–Trinajstić information content (AvgIpc) is 3.30. The van der Waals surface area contributed by atoms with Gasteiger partial charge in [0.1, 0.15) is 5.60 Å². The fourth-order valence-corrected chi connectivity index (χ4v) is 5.99. The first kappa shape index (κ1) is 24.8. The molecule has 1 amide bonds. The smallest absolute Gasteiger partial charge is 0.410 e. The second-order valence-electron chi connectivity index (χ2n) is 10.0. The van der Waals surface area contributed by atoms with E-state index in [1.165, 1.54) is 29.1 Å². The van der Waals surface area contributed by atoms with Crippen LogP contribution in [-0.2, 0) is 14.8 Å². The molecule has 1 N–H and O–H groups in total. The summed E-state index contributed by atoms with van der Waals surface area (Å²) in [7, 11) is -3.94. The molecule has 3 aromatic heterocycles. The zero-order chi connectivity index (χ0) is 26.5. The summed E-state index contributed by atoms with van der Waals surface area (Å²) in [6.45, 7) is 6.07. The van der Waals surface area contributed by atoms with Crippen LogP contribution in [0.3, 0.4) is 0 Å². The van der Waals surface area contributed by atoms with E-state index in [9.17, 15) is 22.8 Å². The molecule has 4 heterocycles. The van der Waals surface area contributed by atoms with Gasteiger partial charge in [0.15, 0.2) is 5.65 Å². The van der Waals surface area contributed by atoms with Gasteiger partial charge in [-0.2, -0.15) is 0 Å². The first-order valence-corrected chi connectivity index (χ1v) is 13.3. The van der Waals surface area contributed by atoms with Crippen molar-refractivity contribution in [1.82, 2.24) is 23.4 Å². The van der Waals surface area contributed by atoms with Crippen LogP contribution in [0.25, 0.3) is 22.1 Å². The fourth-order valence-electron chi connectivity index (χ4n) is 4.67. The number of pyridine rings is 1. The Morgan fingerprint density at radius 3 is 2.41 bits per heavy atom. The summed E-state index contributed by atoms with van der Waals surface area (Å²) in [5, 5.41) is 0.417. The predicted octanol–water partition coefficient (Wildman–Crippen LogP) is 2.85. The number of fused-ring (bicyclic) bond motifs is 3. The van der Waals surface area contributed by atoms with E-state index >= 15 is 0 Å². The van der Waals surface area contributed by atoms with Crippen LogP contribution in [0.15, 0.2) is 63.3 Å². The highest BCUT2D eigenvalue weighted by atomic mass is 32.2. The van der Waals surface area contributed by atoms with E-state index in [0.29, 0.717) is 42.4 Å².